The van der Waals surface area contributed by atoms with Gasteiger partial charge in [0.15, 0.2) is 0 Å². The van der Waals surface area contributed by atoms with Crippen molar-refractivity contribution in [2.45, 2.75) is 51.9 Å². The van der Waals surface area contributed by atoms with E-state index in [1.165, 1.54) is 22.0 Å². The second-order valence-corrected chi connectivity index (χ2v) is 6.49. The predicted octanol–water partition coefficient (Wildman–Crippen LogP) is 5.52. The van der Waals surface area contributed by atoms with Crippen LogP contribution in [0.15, 0.2) is 24.3 Å². The van der Waals surface area contributed by atoms with Crippen LogP contribution < -0.4 is 0 Å². The molecule has 0 heterocycles. The quantitative estimate of drug-likeness (QED) is 0.309. The Kier molecular flexibility index (Phi) is 9.46. The molecule has 1 rings (SSSR count). The monoisotopic (exact) mass is 404 g/mol. The average molecular weight is 404 g/mol. The lowest BCUT2D eigenvalue weighted by Crippen LogP contribution is -2.11. The second-order valence-electron chi connectivity index (χ2n) is 5.25. The van der Waals surface area contributed by atoms with Crippen LogP contribution in [-0.2, 0) is 9.47 Å². The highest BCUT2D eigenvalue weighted by Gasteiger charge is 2.08. The summed E-state index contributed by atoms with van der Waals surface area (Å²) in [6.07, 6.45) is 4.66. The lowest BCUT2D eigenvalue weighted by molar-refractivity contribution is 0.0524. The van der Waals surface area contributed by atoms with Crippen molar-refractivity contribution < 1.29 is 14.3 Å². The lowest BCUT2D eigenvalue weighted by Gasteiger charge is -2.12. The molecule has 118 valence electrons. The standard InChI is InChI=1S/C17H25IO3/c1-3-4-5-6-12-20-17(19)21-13-11-14(2)15-7-9-16(18)10-8-15/h7-10,14H,3-6,11-13H2,1-2H3. The summed E-state index contributed by atoms with van der Waals surface area (Å²) in [5.41, 5.74) is 1.27. The van der Waals surface area contributed by atoms with Gasteiger partial charge in [-0.15, -0.1) is 0 Å². The van der Waals surface area contributed by atoms with Gasteiger partial charge >= 0.3 is 6.16 Å². The zero-order valence-electron chi connectivity index (χ0n) is 12.9. The van der Waals surface area contributed by atoms with Crippen LogP contribution in [0.3, 0.4) is 0 Å². The first-order valence-corrected chi connectivity index (χ1v) is 8.76. The highest BCUT2D eigenvalue weighted by molar-refractivity contribution is 14.1. The van der Waals surface area contributed by atoms with Crippen LogP contribution >= 0.6 is 22.6 Å². The molecular formula is C17H25IO3. The number of unbranched alkanes of at least 4 members (excludes halogenated alkanes) is 3. The Bertz CT molecular complexity index is 403. The third kappa shape index (κ3) is 8.29. The van der Waals surface area contributed by atoms with Crippen LogP contribution in [0.2, 0.25) is 0 Å². The molecule has 4 heteroatoms. The molecule has 0 saturated carbocycles. The van der Waals surface area contributed by atoms with Gasteiger partial charge in [-0.05, 0) is 59.0 Å². The number of rotatable bonds is 9. The number of hydrogen-bond acceptors (Lipinski definition) is 3. The number of ether oxygens (including phenoxy) is 2. The molecule has 0 amide bonds. The van der Waals surface area contributed by atoms with E-state index >= 15 is 0 Å². The lowest BCUT2D eigenvalue weighted by atomic mass is 9.98. The van der Waals surface area contributed by atoms with Gasteiger partial charge in [0, 0.05) is 3.57 Å². The molecule has 0 fully saturated rings. The molecule has 0 saturated heterocycles. The van der Waals surface area contributed by atoms with Crippen molar-refractivity contribution in [1.82, 2.24) is 0 Å². The van der Waals surface area contributed by atoms with Crippen LogP contribution in [0.5, 0.6) is 0 Å². The van der Waals surface area contributed by atoms with Crippen molar-refractivity contribution in [3.8, 4) is 0 Å². The second kappa shape index (κ2) is 10.9. The average Bonchev–Trinajstić information content (AvgIpc) is 2.47. The van der Waals surface area contributed by atoms with Gasteiger partial charge in [0.25, 0.3) is 0 Å². The van der Waals surface area contributed by atoms with Gasteiger partial charge in [-0.3, -0.25) is 0 Å². The molecule has 0 spiro atoms. The Labute approximate surface area is 141 Å². The fourth-order valence-electron chi connectivity index (χ4n) is 2.00. The Morgan fingerprint density at radius 2 is 1.76 bits per heavy atom. The Hall–Kier alpha value is -0.780. The topological polar surface area (TPSA) is 35.5 Å². The molecule has 21 heavy (non-hydrogen) atoms. The van der Waals surface area contributed by atoms with Gasteiger partial charge in [-0.2, -0.15) is 0 Å². The molecular weight excluding hydrogens is 379 g/mol. The van der Waals surface area contributed by atoms with E-state index in [4.69, 9.17) is 9.47 Å². The molecule has 1 unspecified atom stereocenters. The predicted molar refractivity (Wildman–Crippen MR) is 93.6 cm³/mol. The first kappa shape index (κ1) is 18.3. The van der Waals surface area contributed by atoms with Gasteiger partial charge in [-0.25, -0.2) is 4.79 Å². The fourth-order valence-corrected chi connectivity index (χ4v) is 2.36. The van der Waals surface area contributed by atoms with Gasteiger partial charge in [0.2, 0.25) is 0 Å². The molecule has 0 bridgehead atoms. The first-order valence-electron chi connectivity index (χ1n) is 7.68. The van der Waals surface area contributed by atoms with E-state index in [1.54, 1.807) is 0 Å². The van der Waals surface area contributed by atoms with Crippen LogP contribution in [0.25, 0.3) is 0 Å². The fraction of sp³-hybridized carbons (Fsp3) is 0.588. The minimum atomic E-state index is -0.540. The minimum absolute atomic E-state index is 0.374. The summed E-state index contributed by atoms with van der Waals surface area (Å²) in [5.74, 6) is 0.374. The maximum Gasteiger partial charge on any atom is 0.508 e. The van der Waals surface area contributed by atoms with Crippen LogP contribution in [-0.4, -0.2) is 19.4 Å². The van der Waals surface area contributed by atoms with E-state index < -0.39 is 6.16 Å². The van der Waals surface area contributed by atoms with E-state index in [1.807, 2.05) is 0 Å². The first-order chi connectivity index (χ1) is 10.1. The van der Waals surface area contributed by atoms with Crippen molar-refractivity contribution in [3.63, 3.8) is 0 Å². The SMILES string of the molecule is CCCCCCOC(=O)OCCC(C)c1ccc(I)cc1. The molecule has 3 nitrogen and oxygen atoms in total. The molecule has 0 aliphatic carbocycles. The maximum absolute atomic E-state index is 11.4. The van der Waals surface area contributed by atoms with Gasteiger partial charge in [0.05, 0.1) is 13.2 Å². The van der Waals surface area contributed by atoms with Gasteiger partial charge in [-0.1, -0.05) is 45.2 Å². The minimum Gasteiger partial charge on any atom is -0.434 e. The molecule has 1 aromatic carbocycles. The normalized spacial score (nSPS) is 12.0. The number of hydrogen-bond donors (Lipinski definition) is 0. The Balaban J connectivity index is 2.12. The zero-order valence-corrected chi connectivity index (χ0v) is 15.1. The molecule has 1 atom stereocenters. The van der Waals surface area contributed by atoms with E-state index in [0.717, 1.165) is 19.3 Å². The van der Waals surface area contributed by atoms with E-state index in [9.17, 15) is 4.79 Å². The molecule has 0 N–H and O–H groups in total. The van der Waals surface area contributed by atoms with Crippen LogP contribution in [0, 0.1) is 3.57 Å². The summed E-state index contributed by atoms with van der Waals surface area (Å²) >= 11 is 2.29. The Morgan fingerprint density at radius 3 is 2.43 bits per heavy atom. The number of carbonyl (C=O) groups is 1. The van der Waals surface area contributed by atoms with Crippen molar-refractivity contribution >= 4 is 28.7 Å². The summed E-state index contributed by atoms with van der Waals surface area (Å²) < 4.78 is 11.4. The van der Waals surface area contributed by atoms with E-state index in [2.05, 4.69) is 60.7 Å². The smallest absolute Gasteiger partial charge is 0.434 e. The number of halogens is 1. The molecule has 0 radical (unpaired) electrons. The summed E-state index contributed by atoms with van der Waals surface area (Å²) in [4.78, 5) is 11.4. The largest absolute Gasteiger partial charge is 0.508 e. The molecule has 0 aliphatic heterocycles. The highest BCUT2D eigenvalue weighted by atomic mass is 127. The maximum atomic E-state index is 11.4. The van der Waals surface area contributed by atoms with Crippen molar-refractivity contribution in [2.75, 3.05) is 13.2 Å². The molecule has 0 aliphatic rings. The number of benzene rings is 1. The van der Waals surface area contributed by atoms with Crippen LogP contribution in [0.4, 0.5) is 4.79 Å². The van der Waals surface area contributed by atoms with Crippen LogP contribution in [0.1, 0.15) is 57.4 Å². The zero-order chi connectivity index (χ0) is 15.5. The van der Waals surface area contributed by atoms with Crippen molar-refractivity contribution in [3.05, 3.63) is 33.4 Å². The van der Waals surface area contributed by atoms with Crippen molar-refractivity contribution in [1.29, 1.82) is 0 Å². The highest BCUT2D eigenvalue weighted by Crippen LogP contribution is 2.20. The number of carbonyl (C=O) groups excluding carboxylic acids is 1. The molecule has 0 aromatic heterocycles. The third-order valence-corrected chi connectivity index (χ3v) is 4.15. The third-order valence-electron chi connectivity index (χ3n) is 3.43. The summed E-state index contributed by atoms with van der Waals surface area (Å²) in [7, 11) is 0. The van der Waals surface area contributed by atoms with E-state index in [0.29, 0.717) is 19.1 Å². The van der Waals surface area contributed by atoms with Gasteiger partial charge in [0.1, 0.15) is 0 Å². The summed E-state index contributed by atoms with van der Waals surface area (Å²) in [6, 6.07) is 8.44. The van der Waals surface area contributed by atoms with Gasteiger partial charge < -0.3 is 9.47 Å². The van der Waals surface area contributed by atoms with E-state index in [-0.39, 0.29) is 0 Å². The van der Waals surface area contributed by atoms with Crippen molar-refractivity contribution in [2.24, 2.45) is 0 Å². The Morgan fingerprint density at radius 1 is 1.10 bits per heavy atom. The summed E-state index contributed by atoms with van der Waals surface area (Å²) in [5, 5.41) is 0. The molecule has 1 aromatic rings. The summed E-state index contributed by atoms with van der Waals surface area (Å²) in [6.45, 7) is 5.16.